The number of carbonyl (C=O) groups excluding carboxylic acids is 1. The molecule has 4 heteroatoms. The van der Waals surface area contributed by atoms with Crippen molar-refractivity contribution in [1.82, 2.24) is 4.90 Å². The number of benzene rings is 2. The first kappa shape index (κ1) is 17.2. The summed E-state index contributed by atoms with van der Waals surface area (Å²) in [5, 5.41) is 9.24. The molecule has 2 aromatic carbocycles. The molecule has 0 heterocycles. The van der Waals surface area contributed by atoms with E-state index in [-0.39, 0.29) is 5.91 Å². The largest absolute Gasteiger partial charge is 0.383 e. The van der Waals surface area contributed by atoms with Crippen molar-refractivity contribution in [3.8, 4) is 17.2 Å². The Morgan fingerprint density at radius 1 is 1.20 bits per heavy atom. The Morgan fingerprint density at radius 3 is 2.56 bits per heavy atom. The zero-order valence-corrected chi connectivity index (χ0v) is 14.4. The van der Waals surface area contributed by atoms with Crippen molar-refractivity contribution in [2.24, 2.45) is 5.92 Å². The van der Waals surface area contributed by atoms with Crippen LogP contribution in [0.5, 0.6) is 0 Å². The maximum absolute atomic E-state index is 12.8. The SMILES string of the molecule is COCCN(CC1CC1)C(=O)c1ccc(-c2ccccc2C#N)cc1. The van der Waals surface area contributed by atoms with Crippen LogP contribution >= 0.6 is 0 Å². The molecule has 0 saturated heterocycles. The molecule has 1 saturated carbocycles. The minimum absolute atomic E-state index is 0.0454. The van der Waals surface area contributed by atoms with E-state index in [2.05, 4.69) is 6.07 Å². The van der Waals surface area contributed by atoms with Gasteiger partial charge in [-0.15, -0.1) is 0 Å². The average Bonchev–Trinajstić information content (AvgIpc) is 3.49. The van der Waals surface area contributed by atoms with Gasteiger partial charge in [-0.2, -0.15) is 5.26 Å². The summed E-state index contributed by atoms with van der Waals surface area (Å²) in [6.07, 6.45) is 2.42. The number of nitriles is 1. The molecule has 1 amide bonds. The summed E-state index contributed by atoms with van der Waals surface area (Å²) in [5.74, 6) is 0.687. The second-order valence-electron chi connectivity index (χ2n) is 6.42. The fraction of sp³-hybridized carbons (Fsp3) is 0.333. The van der Waals surface area contributed by atoms with Crippen LogP contribution in [0.1, 0.15) is 28.8 Å². The molecule has 1 fully saturated rings. The Kier molecular flexibility index (Phi) is 5.47. The monoisotopic (exact) mass is 334 g/mol. The lowest BCUT2D eigenvalue weighted by molar-refractivity contribution is 0.0686. The fourth-order valence-electron chi connectivity index (χ4n) is 2.90. The molecule has 0 aliphatic heterocycles. The quantitative estimate of drug-likeness (QED) is 0.775. The predicted molar refractivity (Wildman–Crippen MR) is 97.1 cm³/mol. The smallest absolute Gasteiger partial charge is 0.253 e. The lowest BCUT2D eigenvalue weighted by atomic mass is 9.99. The van der Waals surface area contributed by atoms with E-state index in [0.717, 1.165) is 17.7 Å². The van der Waals surface area contributed by atoms with Crippen LogP contribution in [0.4, 0.5) is 0 Å². The average molecular weight is 334 g/mol. The summed E-state index contributed by atoms with van der Waals surface area (Å²) < 4.78 is 5.14. The van der Waals surface area contributed by atoms with E-state index >= 15 is 0 Å². The van der Waals surface area contributed by atoms with Crippen molar-refractivity contribution in [3.63, 3.8) is 0 Å². The zero-order chi connectivity index (χ0) is 17.6. The molecule has 25 heavy (non-hydrogen) atoms. The van der Waals surface area contributed by atoms with Crippen molar-refractivity contribution >= 4 is 5.91 Å². The number of ether oxygens (including phenoxy) is 1. The molecule has 2 aromatic rings. The van der Waals surface area contributed by atoms with Crippen LogP contribution in [0.2, 0.25) is 0 Å². The molecule has 3 rings (SSSR count). The number of hydrogen-bond acceptors (Lipinski definition) is 3. The van der Waals surface area contributed by atoms with Crippen LogP contribution in [-0.2, 0) is 4.74 Å². The second kappa shape index (κ2) is 7.96. The molecule has 0 radical (unpaired) electrons. The standard InChI is InChI=1S/C21H22N2O2/c1-25-13-12-23(15-16-6-7-16)21(24)18-10-8-17(9-11-18)20-5-3-2-4-19(20)14-22/h2-5,8-11,16H,6-7,12-13,15H2,1H3. The normalized spacial score (nSPS) is 13.3. The number of amides is 1. The second-order valence-corrected chi connectivity index (χ2v) is 6.42. The van der Waals surface area contributed by atoms with Gasteiger partial charge in [0.2, 0.25) is 0 Å². The number of rotatable bonds is 7. The van der Waals surface area contributed by atoms with E-state index in [1.54, 1.807) is 13.2 Å². The molecule has 1 aliphatic carbocycles. The number of carbonyl (C=O) groups is 1. The van der Waals surface area contributed by atoms with Gasteiger partial charge >= 0.3 is 0 Å². The Hall–Kier alpha value is -2.64. The summed E-state index contributed by atoms with van der Waals surface area (Å²) in [6.45, 7) is 1.97. The van der Waals surface area contributed by atoms with Crippen molar-refractivity contribution in [2.45, 2.75) is 12.8 Å². The van der Waals surface area contributed by atoms with Crippen molar-refractivity contribution < 1.29 is 9.53 Å². The summed E-state index contributed by atoms with van der Waals surface area (Å²) in [7, 11) is 1.65. The minimum Gasteiger partial charge on any atom is -0.383 e. The zero-order valence-electron chi connectivity index (χ0n) is 14.4. The van der Waals surface area contributed by atoms with Crippen LogP contribution in [0.15, 0.2) is 48.5 Å². The van der Waals surface area contributed by atoms with E-state index in [9.17, 15) is 10.1 Å². The van der Waals surface area contributed by atoms with Gasteiger partial charge < -0.3 is 9.64 Å². The predicted octanol–water partition coefficient (Wildman–Crippen LogP) is 3.72. The highest BCUT2D eigenvalue weighted by molar-refractivity contribution is 5.94. The van der Waals surface area contributed by atoms with Gasteiger partial charge in [0, 0.05) is 25.8 Å². The summed E-state index contributed by atoms with van der Waals surface area (Å²) >= 11 is 0. The Balaban J connectivity index is 1.78. The molecule has 0 unspecified atom stereocenters. The van der Waals surface area contributed by atoms with Gasteiger partial charge in [-0.1, -0.05) is 30.3 Å². The Bertz CT molecular complexity index is 773. The van der Waals surface area contributed by atoms with Gasteiger partial charge in [0.1, 0.15) is 0 Å². The van der Waals surface area contributed by atoms with Gasteiger partial charge in [-0.05, 0) is 48.1 Å². The topological polar surface area (TPSA) is 53.3 Å². The van der Waals surface area contributed by atoms with Gasteiger partial charge in [-0.25, -0.2) is 0 Å². The molecule has 0 aromatic heterocycles. The summed E-state index contributed by atoms with van der Waals surface area (Å²) in [4.78, 5) is 14.7. The van der Waals surface area contributed by atoms with Crippen LogP contribution in [-0.4, -0.2) is 37.6 Å². The maximum Gasteiger partial charge on any atom is 0.253 e. The van der Waals surface area contributed by atoms with Crippen molar-refractivity contribution in [1.29, 1.82) is 5.26 Å². The van der Waals surface area contributed by atoms with E-state index in [1.165, 1.54) is 12.8 Å². The maximum atomic E-state index is 12.8. The first-order chi connectivity index (χ1) is 12.2. The summed E-state index contributed by atoms with van der Waals surface area (Å²) in [6, 6.07) is 17.2. The molecule has 0 bridgehead atoms. The van der Waals surface area contributed by atoms with Crippen molar-refractivity contribution in [2.75, 3.05) is 26.8 Å². The fourth-order valence-corrected chi connectivity index (χ4v) is 2.90. The molecule has 0 spiro atoms. The molecule has 1 aliphatic rings. The lowest BCUT2D eigenvalue weighted by Gasteiger charge is -2.22. The molecule has 4 nitrogen and oxygen atoms in total. The van der Waals surface area contributed by atoms with Crippen LogP contribution in [0.25, 0.3) is 11.1 Å². The minimum atomic E-state index is 0.0454. The van der Waals surface area contributed by atoms with Gasteiger partial charge in [0.05, 0.1) is 18.2 Å². The van der Waals surface area contributed by atoms with E-state index < -0.39 is 0 Å². The third-order valence-corrected chi connectivity index (χ3v) is 4.52. The molecule has 128 valence electrons. The molecule has 0 atom stereocenters. The molecular formula is C21H22N2O2. The van der Waals surface area contributed by atoms with Crippen LogP contribution < -0.4 is 0 Å². The number of hydrogen-bond donors (Lipinski definition) is 0. The number of methoxy groups -OCH3 is 1. The van der Waals surface area contributed by atoms with Gasteiger partial charge in [0.15, 0.2) is 0 Å². The van der Waals surface area contributed by atoms with Gasteiger partial charge in [0.25, 0.3) is 5.91 Å². The lowest BCUT2D eigenvalue weighted by Crippen LogP contribution is -2.35. The van der Waals surface area contributed by atoms with Crippen LogP contribution in [0, 0.1) is 17.2 Å². The van der Waals surface area contributed by atoms with Gasteiger partial charge in [-0.3, -0.25) is 4.79 Å². The first-order valence-corrected chi connectivity index (χ1v) is 8.60. The molecular weight excluding hydrogens is 312 g/mol. The molecule has 0 N–H and O–H groups in total. The Labute approximate surface area is 148 Å². The van der Waals surface area contributed by atoms with Crippen LogP contribution in [0.3, 0.4) is 0 Å². The summed E-state index contributed by atoms with van der Waals surface area (Å²) in [5.41, 5.74) is 3.14. The third-order valence-electron chi connectivity index (χ3n) is 4.52. The van der Waals surface area contributed by atoms with E-state index in [4.69, 9.17) is 4.74 Å². The highest BCUT2D eigenvalue weighted by atomic mass is 16.5. The number of nitrogens with zero attached hydrogens (tertiary/aromatic N) is 2. The Morgan fingerprint density at radius 2 is 1.92 bits per heavy atom. The van der Waals surface area contributed by atoms with Crippen molar-refractivity contribution in [3.05, 3.63) is 59.7 Å². The first-order valence-electron chi connectivity index (χ1n) is 8.60. The highest BCUT2D eigenvalue weighted by Crippen LogP contribution is 2.30. The third kappa shape index (κ3) is 4.26. The van der Waals surface area contributed by atoms with E-state index in [0.29, 0.717) is 30.2 Å². The van der Waals surface area contributed by atoms with E-state index in [1.807, 2.05) is 47.4 Å². The highest BCUT2D eigenvalue weighted by Gasteiger charge is 2.27.